The highest BCUT2D eigenvalue weighted by molar-refractivity contribution is 9.10. The van der Waals surface area contributed by atoms with E-state index in [1.165, 1.54) is 23.5 Å². The molecule has 0 saturated heterocycles. The van der Waals surface area contributed by atoms with Gasteiger partial charge in [0.05, 0.1) is 12.1 Å². The van der Waals surface area contributed by atoms with Crippen LogP contribution in [-0.4, -0.2) is 22.1 Å². The number of carbonyl (C=O) groups excluding carboxylic acids is 1. The first kappa shape index (κ1) is 14.5. The molecule has 8 heteroatoms. The predicted molar refractivity (Wildman–Crippen MR) is 79.1 cm³/mol. The number of nitrogens with zero attached hydrogens (tertiary/aromatic N) is 1. The number of anilines is 1. The average molecular weight is 356 g/mol. The third kappa shape index (κ3) is 4.04. The molecule has 1 aromatic carbocycles. The van der Waals surface area contributed by atoms with E-state index in [2.05, 4.69) is 31.5 Å². The molecule has 0 unspecified atom stereocenters. The molecule has 2 amide bonds. The summed E-state index contributed by atoms with van der Waals surface area (Å²) in [5.74, 6) is -1.06. The van der Waals surface area contributed by atoms with Crippen molar-refractivity contribution >= 4 is 45.0 Å². The first-order valence-electron chi connectivity index (χ1n) is 5.51. The SMILES string of the molecule is O=C(NCc1nccs1)Nc1cc(Br)cc(C(=O)O)c1. The molecule has 0 spiro atoms. The number of thiazole rings is 1. The number of nitrogens with one attached hydrogen (secondary N) is 2. The van der Waals surface area contributed by atoms with Gasteiger partial charge in [-0.3, -0.25) is 0 Å². The Kier molecular flexibility index (Phi) is 4.70. The number of carbonyl (C=O) groups is 2. The van der Waals surface area contributed by atoms with Crippen molar-refractivity contribution in [2.75, 3.05) is 5.32 Å². The molecule has 20 heavy (non-hydrogen) atoms. The lowest BCUT2D eigenvalue weighted by Gasteiger charge is -2.08. The van der Waals surface area contributed by atoms with E-state index in [1.807, 2.05) is 5.38 Å². The van der Waals surface area contributed by atoms with Gasteiger partial charge in [0.15, 0.2) is 0 Å². The van der Waals surface area contributed by atoms with Gasteiger partial charge in [0.2, 0.25) is 0 Å². The summed E-state index contributed by atoms with van der Waals surface area (Å²) in [5.41, 5.74) is 0.489. The summed E-state index contributed by atoms with van der Waals surface area (Å²) in [6, 6.07) is 4.04. The Labute approximate surface area is 127 Å². The Bertz CT molecular complexity index is 631. The standard InChI is InChI=1S/C12H10BrN3O3S/c13-8-3-7(11(17)18)4-9(5-8)16-12(19)15-6-10-14-1-2-20-10/h1-5H,6H2,(H,17,18)(H2,15,16,19). The molecule has 0 radical (unpaired) electrons. The highest BCUT2D eigenvalue weighted by Gasteiger charge is 2.08. The highest BCUT2D eigenvalue weighted by atomic mass is 79.9. The second-order valence-corrected chi connectivity index (χ2v) is 5.66. The Balaban J connectivity index is 1.98. The van der Waals surface area contributed by atoms with E-state index in [1.54, 1.807) is 12.3 Å². The van der Waals surface area contributed by atoms with E-state index in [9.17, 15) is 9.59 Å². The summed E-state index contributed by atoms with van der Waals surface area (Å²) in [7, 11) is 0. The van der Waals surface area contributed by atoms with Gasteiger partial charge in [-0.2, -0.15) is 0 Å². The Morgan fingerprint density at radius 3 is 2.80 bits per heavy atom. The number of amides is 2. The largest absolute Gasteiger partial charge is 0.478 e. The fourth-order valence-corrected chi connectivity index (χ4v) is 2.51. The molecule has 0 aliphatic rings. The van der Waals surface area contributed by atoms with Crippen LogP contribution >= 0.6 is 27.3 Å². The van der Waals surface area contributed by atoms with Gasteiger partial charge in [0, 0.05) is 21.7 Å². The van der Waals surface area contributed by atoms with E-state index >= 15 is 0 Å². The minimum atomic E-state index is -1.06. The number of carboxylic acids is 1. The third-order valence-electron chi connectivity index (χ3n) is 2.29. The molecular formula is C12H10BrN3O3S. The van der Waals surface area contributed by atoms with Gasteiger partial charge in [0.1, 0.15) is 5.01 Å². The molecule has 0 saturated carbocycles. The van der Waals surface area contributed by atoms with Gasteiger partial charge >= 0.3 is 12.0 Å². The first-order chi connectivity index (χ1) is 9.54. The number of hydrogen-bond acceptors (Lipinski definition) is 4. The normalized spacial score (nSPS) is 10.1. The van der Waals surface area contributed by atoms with Crippen molar-refractivity contribution in [1.29, 1.82) is 0 Å². The van der Waals surface area contributed by atoms with Crippen LogP contribution < -0.4 is 10.6 Å². The molecule has 6 nitrogen and oxygen atoms in total. The molecule has 0 aliphatic carbocycles. The number of aromatic carboxylic acids is 1. The lowest BCUT2D eigenvalue weighted by Crippen LogP contribution is -2.28. The van der Waals surface area contributed by atoms with Crippen LogP contribution in [0.25, 0.3) is 0 Å². The van der Waals surface area contributed by atoms with Crippen molar-refractivity contribution in [2.24, 2.45) is 0 Å². The van der Waals surface area contributed by atoms with E-state index in [4.69, 9.17) is 5.11 Å². The lowest BCUT2D eigenvalue weighted by atomic mass is 10.2. The van der Waals surface area contributed by atoms with Crippen molar-refractivity contribution in [2.45, 2.75) is 6.54 Å². The van der Waals surface area contributed by atoms with Crippen LogP contribution in [0.4, 0.5) is 10.5 Å². The summed E-state index contributed by atoms with van der Waals surface area (Å²) >= 11 is 4.64. The van der Waals surface area contributed by atoms with E-state index in [-0.39, 0.29) is 5.56 Å². The molecule has 1 aromatic heterocycles. The van der Waals surface area contributed by atoms with E-state index in [0.29, 0.717) is 16.7 Å². The van der Waals surface area contributed by atoms with Gasteiger partial charge in [-0.25, -0.2) is 14.6 Å². The Hall–Kier alpha value is -1.93. The van der Waals surface area contributed by atoms with E-state index < -0.39 is 12.0 Å². The smallest absolute Gasteiger partial charge is 0.335 e. The van der Waals surface area contributed by atoms with Crippen LogP contribution in [0.5, 0.6) is 0 Å². The monoisotopic (exact) mass is 355 g/mol. The summed E-state index contributed by atoms with van der Waals surface area (Å²) < 4.78 is 0.577. The predicted octanol–water partition coefficient (Wildman–Crippen LogP) is 2.93. The molecule has 1 heterocycles. The Morgan fingerprint density at radius 1 is 1.35 bits per heavy atom. The molecule has 0 atom stereocenters. The van der Waals surface area contributed by atoms with Crippen molar-refractivity contribution < 1.29 is 14.7 Å². The number of rotatable bonds is 4. The quantitative estimate of drug-likeness (QED) is 0.786. The number of benzene rings is 1. The zero-order valence-corrected chi connectivity index (χ0v) is 12.5. The average Bonchev–Trinajstić information content (AvgIpc) is 2.88. The minimum Gasteiger partial charge on any atom is -0.478 e. The zero-order chi connectivity index (χ0) is 14.5. The zero-order valence-electron chi connectivity index (χ0n) is 10.1. The van der Waals surface area contributed by atoms with Gasteiger partial charge in [-0.1, -0.05) is 15.9 Å². The molecule has 0 aliphatic heterocycles. The summed E-state index contributed by atoms with van der Waals surface area (Å²) in [6.07, 6.45) is 1.66. The maximum atomic E-state index is 11.7. The molecular weight excluding hydrogens is 346 g/mol. The second kappa shape index (κ2) is 6.49. The van der Waals surface area contributed by atoms with Gasteiger partial charge in [-0.15, -0.1) is 11.3 Å². The topological polar surface area (TPSA) is 91.3 Å². The third-order valence-corrected chi connectivity index (χ3v) is 3.52. The molecule has 0 bridgehead atoms. The number of aromatic nitrogens is 1. The summed E-state index contributed by atoms with van der Waals surface area (Å²) in [6.45, 7) is 0.323. The van der Waals surface area contributed by atoms with Crippen molar-refractivity contribution in [3.63, 3.8) is 0 Å². The number of carboxylic acid groups (broad SMARTS) is 1. The highest BCUT2D eigenvalue weighted by Crippen LogP contribution is 2.19. The lowest BCUT2D eigenvalue weighted by molar-refractivity contribution is 0.0697. The van der Waals surface area contributed by atoms with Crippen LogP contribution in [0, 0.1) is 0 Å². The number of urea groups is 1. The van der Waals surface area contributed by atoms with Gasteiger partial charge in [-0.05, 0) is 18.2 Å². The molecule has 104 valence electrons. The van der Waals surface area contributed by atoms with Crippen molar-refractivity contribution in [1.82, 2.24) is 10.3 Å². The maximum Gasteiger partial charge on any atom is 0.335 e. The molecule has 2 aromatic rings. The van der Waals surface area contributed by atoms with Gasteiger partial charge in [0.25, 0.3) is 0 Å². The molecule has 0 fully saturated rings. The van der Waals surface area contributed by atoms with Crippen LogP contribution in [0.1, 0.15) is 15.4 Å². The van der Waals surface area contributed by atoms with Crippen LogP contribution in [0.2, 0.25) is 0 Å². The van der Waals surface area contributed by atoms with Crippen LogP contribution in [-0.2, 0) is 6.54 Å². The fourth-order valence-electron chi connectivity index (χ4n) is 1.46. The second-order valence-electron chi connectivity index (χ2n) is 3.77. The fraction of sp³-hybridized carbons (Fsp3) is 0.0833. The van der Waals surface area contributed by atoms with Crippen molar-refractivity contribution in [3.8, 4) is 0 Å². The van der Waals surface area contributed by atoms with E-state index in [0.717, 1.165) is 5.01 Å². The maximum absolute atomic E-state index is 11.7. The number of halogens is 1. The summed E-state index contributed by atoms with van der Waals surface area (Å²) in [4.78, 5) is 26.6. The minimum absolute atomic E-state index is 0.0922. The Morgan fingerprint density at radius 2 is 2.15 bits per heavy atom. The number of hydrogen-bond donors (Lipinski definition) is 3. The summed E-state index contributed by atoms with van der Waals surface area (Å²) in [5, 5.41) is 16.8. The van der Waals surface area contributed by atoms with Gasteiger partial charge < -0.3 is 15.7 Å². The van der Waals surface area contributed by atoms with Crippen LogP contribution in [0.3, 0.4) is 0 Å². The molecule has 2 rings (SSSR count). The van der Waals surface area contributed by atoms with Crippen LogP contribution in [0.15, 0.2) is 34.2 Å². The first-order valence-corrected chi connectivity index (χ1v) is 7.19. The van der Waals surface area contributed by atoms with Crippen molar-refractivity contribution in [3.05, 3.63) is 44.8 Å². The molecule has 3 N–H and O–H groups in total.